The van der Waals surface area contributed by atoms with E-state index in [0.29, 0.717) is 5.57 Å². The molecule has 10 heavy (non-hydrogen) atoms. The molecule has 0 radical (unpaired) electrons. The fraction of sp³-hybridized carbons (Fsp3) is 0.571. The molecule has 0 aromatic rings. The third-order valence-corrected chi connectivity index (χ3v) is 1.50. The Balaban J connectivity index is 2.48. The summed E-state index contributed by atoms with van der Waals surface area (Å²) in [6.07, 6.45) is -0.183. The molecule has 0 aromatic heterocycles. The summed E-state index contributed by atoms with van der Waals surface area (Å²) in [5.41, 5.74) is 0.604. The predicted molar refractivity (Wildman–Crippen MR) is 39.6 cm³/mol. The van der Waals surface area contributed by atoms with Crippen molar-refractivity contribution in [3.63, 3.8) is 0 Å². The summed E-state index contributed by atoms with van der Waals surface area (Å²) >= 11 is 0. The van der Waals surface area contributed by atoms with Crippen molar-refractivity contribution in [2.45, 2.75) is 13.1 Å². The molecule has 1 aliphatic heterocycles. The van der Waals surface area contributed by atoms with Gasteiger partial charge in [-0.15, -0.1) is 0 Å². The quantitative estimate of drug-likeness (QED) is 0.515. The van der Waals surface area contributed by atoms with Gasteiger partial charge in [0.05, 0.1) is 0 Å². The molecule has 56 valence electrons. The van der Waals surface area contributed by atoms with Crippen molar-refractivity contribution in [3.8, 4) is 0 Å². The van der Waals surface area contributed by atoms with E-state index in [9.17, 15) is 4.79 Å². The van der Waals surface area contributed by atoms with E-state index in [1.54, 1.807) is 6.92 Å². The number of Topliss-reactive ketones (excluding diaryl/α,β-unsaturated/α-hetero) is 1. The van der Waals surface area contributed by atoms with Crippen molar-refractivity contribution >= 4 is 5.78 Å². The number of carbonyl (C=O) groups excluding carboxylic acids is 1. The highest BCUT2D eigenvalue weighted by Gasteiger charge is 2.20. The van der Waals surface area contributed by atoms with Crippen LogP contribution in [0.1, 0.15) is 6.92 Å². The Kier molecular flexibility index (Phi) is 2.19. The minimum absolute atomic E-state index is 0.0671. The lowest BCUT2D eigenvalue weighted by Crippen LogP contribution is -2.39. The lowest BCUT2D eigenvalue weighted by atomic mass is 10.2. The van der Waals surface area contributed by atoms with E-state index in [1.807, 2.05) is 0 Å². The van der Waals surface area contributed by atoms with Crippen LogP contribution in [0.5, 0.6) is 0 Å². The predicted octanol–water partition coefficient (Wildman–Crippen LogP) is -0.350. The highest BCUT2D eigenvalue weighted by atomic mass is 16.1. The standard InChI is InChI=1S/C7H12N2O/c1-5(2)6(10)7-8-3-4-9-7/h7-9H,1,3-4H2,2H3. The summed E-state index contributed by atoms with van der Waals surface area (Å²) in [5.74, 6) is 0.0671. The molecule has 0 aromatic carbocycles. The fourth-order valence-electron chi connectivity index (χ4n) is 0.937. The highest BCUT2D eigenvalue weighted by molar-refractivity contribution is 5.98. The van der Waals surface area contributed by atoms with E-state index in [1.165, 1.54) is 0 Å². The molecule has 1 rings (SSSR count). The van der Waals surface area contributed by atoms with Crippen molar-refractivity contribution in [2.24, 2.45) is 0 Å². The van der Waals surface area contributed by atoms with Crippen molar-refractivity contribution in [3.05, 3.63) is 12.2 Å². The van der Waals surface area contributed by atoms with E-state index >= 15 is 0 Å². The first-order valence-corrected chi connectivity index (χ1v) is 3.38. The number of ketones is 1. The maximum absolute atomic E-state index is 11.1. The molecule has 0 saturated carbocycles. The molecular weight excluding hydrogens is 128 g/mol. The molecule has 1 heterocycles. The number of rotatable bonds is 2. The van der Waals surface area contributed by atoms with Gasteiger partial charge in [-0.1, -0.05) is 6.58 Å². The van der Waals surface area contributed by atoms with Gasteiger partial charge in [-0.2, -0.15) is 0 Å². The van der Waals surface area contributed by atoms with Gasteiger partial charge >= 0.3 is 0 Å². The lowest BCUT2D eigenvalue weighted by Gasteiger charge is -2.07. The minimum Gasteiger partial charge on any atom is -0.294 e. The van der Waals surface area contributed by atoms with Gasteiger partial charge in [-0.25, -0.2) is 0 Å². The molecule has 1 fully saturated rings. The van der Waals surface area contributed by atoms with Gasteiger partial charge in [0.15, 0.2) is 5.78 Å². The topological polar surface area (TPSA) is 41.1 Å². The smallest absolute Gasteiger partial charge is 0.189 e. The largest absolute Gasteiger partial charge is 0.294 e. The second kappa shape index (κ2) is 2.94. The molecule has 2 N–H and O–H groups in total. The first kappa shape index (κ1) is 7.44. The van der Waals surface area contributed by atoms with Crippen molar-refractivity contribution in [1.29, 1.82) is 0 Å². The first-order valence-electron chi connectivity index (χ1n) is 3.38. The summed E-state index contributed by atoms with van der Waals surface area (Å²) in [4.78, 5) is 11.1. The van der Waals surface area contributed by atoms with Crippen LogP contribution in [0.2, 0.25) is 0 Å². The van der Waals surface area contributed by atoms with Gasteiger partial charge in [0.25, 0.3) is 0 Å². The van der Waals surface area contributed by atoms with Crippen molar-refractivity contribution in [2.75, 3.05) is 13.1 Å². The number of carbonyl (C=O) groups is 1. The van der Waals surface area contributed by atoms with Crippen LogP contribution in [0.25, 0.3) is 0 Å². The monoisotopic (exact) mass is 140 g/mol. The summed E-state index contributed by atoms with van der Waals surface area (Å²) < 4.78 is 0. The van der Waals surface area contributed by atoms with Crippen LogP contribution < -0.4 is 10.6 Å². The van der Waals surface area contributed by atoms with Gasteiger partial charge in [-0.3, -0.25) is 15.4 Å². The first-order chi connectivity index (χ1) is 4.72. The molecule has 0 aliphatic carbocycles. The lowest BCUT2D eigenvalue weighted by molar-refractivity contribution is -0.117. The average molecular weight is 140 g/mol. The molecule has 1 aliphatic rings. The average Bonchev–Trinajstić information content (AvgIpc) is 2.36. The molecule has 1 saturated heterocycles. The Morgan fingerprint density at radius 1 is 1.50 bits per heavy atom. The van der Waals surface area contributed by atoms with Crippen LogP contribution in [0.3, 0.4) is 0 Å². The third kappa shape index (κ3) is 1.43. The Labute approximate surface area is 60.5 Å². The molecule has 0 atom stereocenters. The van der Waals surface area contributed by atoms with Crippen LogP contribution in [-0.4, -0.2) is 25.0 Å². The Morgan fingerprint density at radius 3 is 2.40 bits per heavy atom. The van der Waals surface area contributed by atoms with E-state index in [0.717, 1.165) is 13.1 Å². The maximum atomic E-state index is 11.1. The number of hydrogen-bond donors (Lipinski definition) is 2. The molecule has 0 unspecified atom stereocenters. The van der Waals surface area contributed by atoms with Crippen LogP contribution in [0, 0.1) is 0 Å². The minimum atomic E-state index is -0.183. The summed E-state index contributed by atoms with van der Waals surface area (Å²) in [6, 6.07) is 0. The fourth-order valence-corrected chi connectivity index (χ4v) is 0.937. The van der Waals surface area contributed by atoms with Crippen LogP contribution in [0.15, 0.2) is 12.2 Å². The van der Waals surface area contributed by atoms with E-state index in [4.69, 9.17) is 0 Å². The van der Waals surface area contributed by atoms with Crippen LogP contribution in [-0.2, 0) is 4.79 Å². The van der Waals surface area contributed by atoms with Crippen molar-refractivity contribution in [1.82, 2.24) is 10.6 Å². The Morgan fingerprint density at radius 2 is 2.00 bits per heavy atom. The number of nitrogens with one attached hydrogen (secondary N) is 2. The SMILES string of the molecule is C=C(C)C(=O)C1NCCN1. The zero-order valence-electron chi connectivity index (χ0n) is 6.11. The third-order valence-electron chi connectivity index (χ3n) is 1.50. The van der Waals surface area contributed by atoms with Gasteiger partial charge in [0.2, 0.25) is 0 Å². The molecule has 0 amide bonds. The molecule has 3 heteroatoms. The van der Waals surface area contributed by atoms with Gasteiger partial charge < -0.3 is 0 Å². The Hall–Kier alpha value is -0.670. The van der Waals surface area contributed by atoms with Gasteiger partial charge in [0, 0.05) is 13.1 Å². The Bertz CT molecular complexity index is 159. The van der Waals surface area contributed by atoms with Crippen LogP contribution >= 0.6 is 0 Å². The van der Waals surface area contributed by atoms with E-state index < -0.39 is 0 Å². The number of hydrogen-bond acceptors (Lipinski definition) is 3. The zero-order chi connectivity index (χ0) is 7.56. The van der Waals surface area contributed by atoms with Crippen LogP contribution in [0.4, 0.5) is 0 Å². The highest BCUT2D eigenvalue weighted by Crippen LogP contribution is 1.96. The van der Waals surface area contributed by atoms with Gasteiger partial charge in [0.1, 0.15) is 6.17 Å². The summed E-state index contributed by atoms with van der Waals surface area (Å²) in [6.45, 7) is 7.03. The summed E-state index contributed by atoms with van der Waals surface area (Å²) in [5, 5.41) is 6.03. The second-order valence-corrected chi connectivity index (χ2v) is 2.49. The van der Waals surface area contributed by atoms with Crippen molar-refractivity contribution < 1.29 is 4.79 Å². The van der Waals surface area contributed by atoms with Gasteiger partial charge in [-0.05, 0) is 12.5 Å². The zero-order valence-corrected chi connectivity index (χ0v) is 6.11. The summed E-state index contributed by atoms with van der Waals surface area (Å²) in [7, 11) is 0. The molecule has 0 spiro atoms. The molecule has 3 nitrogen and oxygen atoms in total. The normalized spacial score (nSPS) is 19.3. The molecule has 0 bridgehead atoms. The van der Waals surface area contributed by atoms with E-state index in [-0.39, 0.29) is 11.9 Å². The second-order valence-electron chi connectivity index (χ2n) is 2.49. The molecular formula is C7H12N2O. The van der Waals surface area contributed by atoms with E-state index in [2.05, 4.69) is 17.2 Å². The maximum Gasteiger partial charge on any atom is 0.189 e.